The van der Waals surface area contributed by atoms with Gasteiger partial charge in [0.1, 0.15) is 0 Å². The number of hydrogen-bond acceptors (Lipinski definition) is 4. The van der Waals surface area contributed by atoms with Crippen LogP contribution in [0.25, 0.3) is 0 Å². The first-order valence-electron chi connectivity index (χ1n) is 9.71. The van der Waals surface area contributed by atoms with Crippen molar-refractivity contribution >= 4 is 23.2 Å². The molecular weight excluding hydrogens is 354 g/mol. The molecule has 28 heavy (non-hydrogen) atoms. The van der Waals surface area contributed by atoms with E-state index in [-0.39, 0.29) is 11.8 Å². The van der Waals surface area contributed by atoms with Gasteiger partial charge < -0.3 is 15.0 Å². The third kappa shape index (κ3) is 4.08. The van der Waals surface area contributed by atoms with Gasteiger partial charge in [-0.25, -0.2) is 0 Å². The maximum absolute atomic E-state index is 12.6. The van der Waals surface area contributed by atoms with Gasteiger partial charge in [-0.2, -0.15) is 0 Å². The van der Waals surface area contributed by atoms with Crippen LogP contribution < -0.4 is 10.2 Å². The van der Waals surface area contributed by atoms with E-state index < -0.39 is 0 Å². The molecule has 2 aromatic rings. The van der Waals surface area contributed by atoms with Crippen molar-refractivity contribution in [2.45, 2.75) is 19.9 Å². The molecule has 2 aliphatic rings. The zero-order chi connectivity index (χ0) is 19.5. The smallest absolute Gasteiger partial charge is 0.255 e. The van der Waals surface area contributed by atoms with Gasteiger partial charge in [-0.15, -0.1) is 0 Å². The molecule has 4 rings (SSSR count). The lowest BCUT2D eigenvalue weighted by atomic mass is 10.1. The molecule has 0 spiro atoms. The molecule has 0 bridgehead atoms. The van der Waals surface area contributed by atoms with Gasteiger partial charge in [0.25, 0.3) is 5.91 Å². The number of ether oxygens (including phenoxy) is 1. The molecule has 2 heterocycles. The fourth-order valence-electron chi connectivity index (χ4n) is 3.78. The van der Waals surface area contributed by atoms with Gasteiger partial charge in [-0.05, 0) is 47.9 Å². The van der Waals surface area contributed by atoms with Crippen LogP contribution >= 0.6 is 0 Å². The Morgan fingerprint density at radius 2 is 1.79 bits per heavy atom. The van der Waals surface area contributed by atoms with Crippen LogP contribution in [-0.2, 0) is 22.5 Å². The van der Waals surface area contributed by atoms with Crippen LogP contribution in [0.4, 0.5) is 11.4 Å². The summed E-state index contributed by atoms with van der Waals surface area (Å²) in [5.74, 6) is -0.0990. The molecule has 6 heteroatoms. The minimum absolute atomic E-state index is 0.0353. The van der Waals surface area contributed by atoms with E-state index in [0.717, 1.165) is 56.2 Å². The molecule has 1 fully saturated rings. The average Bonchev–Trinajstić information content (AvgIpc) is 3.14. The number of amides is 2. The summed E-state index contributed by atoms with van der Waals surface area (Å²) in [5.41, 5.74) is 4.57. The lowest BCUT2D eigenvalue weighted by molar-refractivity contribution is -0.116. The first kappa shape index (κ1) is 18.7. The Kier molecular flexibility index (Phi) is 5.41. The number of nitrogens with one attached hydrogen (secondary N) is 1. The van der Waals surface area contributed by atoms with Crippen LogP contribution in [-0.4, -0.2) is 49.6 Å². The number of fused-ring (bicyclic) bond motifs is 1. The summed E-state index contributed by atoms with van der Waals surface area (Å²) in [7, 11) is 0. The normalized spacial score (nSPS) is 16.7. The lowest BCUT2D eigenvalue weighted by Crippen LogP contribution is -2.35. The summed E-state index contributed by atoms with van der Waals surface area (Å²) >= 11 is 0. The van der Waals surface area contributed by atoms with Crippen molar-refractivity contribution in [2.24, 2.45) is 0 Å². The molecule has 2 aliphatic heterocycles. The fourth-order valence-corrected chi connectivity index (χ4v) is 3.78. The largest absolute Gasteiger partial charge is 0.379 e. The standard InChI is InChI=1S/C22H25N3O3/c1-16(26)25-9-8-18-14-19(4-7-21(18)25)22(27)23-20-5-2-17(3-6-20)15-24-10-12-28-13-11-24/h2-7,14H,8-13,15H2,1H3,(H,23,27). The molecule has 2 amide bonds. The Hall–Kier alpha value is -2.70. The molecule has 0 unspecified atom stereocenters. The quantitative estimate of drug-likeness (QED) is 0.887. The van der Waals surface area contributed by atoms with Crippen LogP contribution in [0.1, 0.15) is 28.4 Å². The van der Waals surface area contributed by atoms with Gasteiger partial charge in [0.2, 0.25) is 5.91 Å². The fraction of sp³-hybridized carbons (Fsp3) is 0.364. The highest BCUT2D eigenvalue weighted by Gasteiger charge is 2.23. The van der Waals surface area contributed by atoms with E-state index in [1.807, 2.05) is 24.3 Å². The maximum Gasteiger partial charge on any atom is 0.255 e. The minimum Gasteiger partial charge on any atom is -0.379 e. The van der Waals surface area contributed by atoms with Crippen LogP contribution in [0.2, 0.25) is 0 Å². The minimum atomic E-state index is -0.134. The van der Waals surface area contributed by atoms with Crippen molar-refractivity contribution in [1.82, 2.24) is 4.90 Å². The van der Waals surface area contributed by atoms with E-state index in [2.05, 4.69) is 22.3 Å². The Labute approximate surface area is 165 Å². The number of benzene rings is 2. The molecule has 0 saturated carbocycles. The summed E-state index contributed by atoms with van der Waals surface area (Å²) in [6.45, 7) is 6.64. The summed E-state index contributed by atoms with van der Waals surface area (Å²) in [6, 6.07) is 13.5. The van der Waals surface area contributed by atoms with Gasteiger partial charge in [-0.1, -0.05) is 12.1 Å². The Balaban J connectivity index is 1.39. The molecule has 0 aromatic heterocycles. The van der Waals surface area contributed by atoms with Gasteiger partial charge in [0.15, 0.2) is 0 Å². The molecule has 0 aliphatic carbocycles. The van der Waals surface area contributed by atoms with E-state index in [9.17, 15) is 9.59 Å². The number of anilines is 2. The Bertz CT molecular complexity index is 873. The zero-order valence-electron chi connectivity index (χ0n) is 16.1. The van der Waals surface area contributed by atoms with Crippen molar-refractivity contribution in [3.8, 4) is 0 Å². The number of morpholine rings is 1. The predicted molar refractivity (Wildman–Crippen MR) is 109 cm³/mol. The number of carbonyl (C=O) groups is 2. The van der Waals surface area contributed by atoms with Crippen molar-refractivity contribution in [2.75, 3.05) is 43.1 Å². The lowest BCUT2D eigenvalue weighted by Gasteiger charge is -2.26. The van der Waals surface area contributed by atoms with Gasteiger partial charge in [-0.3, -0.25) is 14.5 Å². The molecule has 1 saturated heterocycles. The zero-order valence-corrected chi connectivity index (χ0v) is 16.1. The SMILES string of the molecule is CC(=O)N1CCc2cc(C(=O)Nc3ccc(CN4CCOCC4)cc3)ccc21. The second-order valence-corrected chi connectivity index (χ2v) is 7.30. The third-order valence-corrected chi connectivity index (χ3v) is 5.34. The van der Waals surface area contributed by atoms with Gasteiger partial charge >= 0.3 is 0 Å². The summed E-state index contributed by atoms with van der Waals surface area (Å²) in [4.78, 5) is 28.4. The Morgan fingerprint density at radius 1 is 1.04 bits per heavy atom. The van der Waals surface area contributed by atoms with Gasteiger partial charge in [0, 0.05) is 50.0 Å². The molecule has 0 atom stereocenters. The second kappa shape index (κ2) is 8.12. The van der Waals surface area contributed by atoms with Gasteiger partial charge in [0.05, 0.1) is 13.2 Å². The van der Waals surface area contributed by atoms with E-state index >= 15 is 0 Å². The highest BCUT2D eigenvalue weighted by atomic mass is 16.5. The number of rotatable bonds is 4. The molecule has 6 nitrogen and oxygen atoms in total. The molecule has 2 aromatic carbocycles. The predicted octanol–water partition coefficient (Wildman–Crippen LogP) is 2.68. The summed E-state index contributed by atoms with van der Waals surface area (Å²) < 4.78 is 5.38. The molecule has 1 N–H and O–H groups in total. The molecular formula is C22H25N3O3. The number of nitrogens with zero attached hydrogens (tertiary/aromatic N) is 2. The van der Waals surface area contributed by atoms with Crippen molar-refractivity contribution in [1.29, 1.82) is 0 Å². The van der Waals surface area contributed by atoms with Crippen LogP contribution in [0, 0.1) is 0 Å². The Morgan fingerprint density at radius 3 is 2.50 bits per heavy atom. The van der Waals surface area contributed by atoms with E-state index in [0.29, 0.717) is 12.1 Å². The van der Waals surface area contributed by atoms with E-state index in [1.165, 1.54) is 5.56 Å². The van der Waals surface area contributed by atoms with E-state index in [4.69, 9.17) is 4.74 Å². The number of hydrogen-bond donors (Lipinski definition) is 1. The topological polar surface area (TPSA) is 61.9 Å². The first-order valence-corrected chi connectivity index (χ1v) is 9.71. The van der Waals surface area contributed by atoms with Crippen LogP contribution in [0.5, 0.6) is 0 Å². The number of carbonyl (C=O) groups excluding carboxylic acids is 2. The van der Waals surface area contributed by atoms with Crippen molar-refractivity contribution in [3.63, 3.8) is 0 Å². The summed E-state index contributed by atoms with van der Waals surface area (Å²) in [6.07, 6.45) is 0.784. The van der Waals surface area contributed by atoms with Crippen molar-refractivity contribution in [3.05, 3.63) is 59.2 Å². The third-order valence-electron chi connectivity index (χ3n) is 5.34. The van der Waals surface area contributed by atoms with Crippen LogP contribution in [0.15, 0.2) is 42.5 Å². The molecule has 0 radical (unpaired) electrons. The van der Waals surface area contributed by atoms with Crippen molar-refractivity contribution < 1.29 is 14.3 Å². The summed E-state index contributed by atoms with van der Waals surface area (Å²) in [5, 5.41) is 2.96. The second-order valence-electron chi connectivity index (χ2n) is 7.30. The first-order chi connectivity index (χ1) is 13.6. The highest BCUT2D eigenvalue weighted by Crippen LogP contribution is 2.29. The highest BCUT2D eigenvalue weighted by molar-refractivity contribution is 6.05. The maximum atomic E-state index is 12.6. The average molecular weight is 379 g/mol. The van der Waals surface area contributed by atoms with Crippen LogP contribution in [0.3, 0.4) is 0 Å². The molecule has 146 valence electrons. The van der Waals surface area contributed by atoms with E-state index in [1.54, 1.807) is 17.9 Å². The monoisotopic (exact) mass is 379 g/mol.